The molecule has 3 rings (SSSR count). The second-order valence-electron chi connectivity index (χ2n) is 5.31. The van der Waals surface area contributed by atoms with E-state index in [1.807, 2.05) is 18.2 Å². The quantitative estimate of drug-likeness (QED) is 0.759. The van der Waals surface area contributed by atoms with Gasteiger partial charge in [0.2, 0.25) is 0 Å². The summed E-state index contributed by atoms with van der Waals surface area (Å²) in [6.45, 7) is 0. The van der Waals surface area contributed by atoms with Crippen molar-refractivity contribution in [1.82, 2.24) is 0 Å². The molecule has 1 N–H and O–H groups in total. The van der Waals surface area contributed by atoms with Gasteiger partial charge in [0.15, 0.2) is 0 Å². The van der Waals surface area contributed by atoms with E-state index < -0.39 is 0 Å². The maximum atomic E-state index is 12.4. The highest BCUT2D eigenvalue weighted by atomic mass is 79.9. The molecule has 1 amide bonds. The number of amides is 1. The number of fused-ring (bicyclic) bond motifs is 1. The van der Waals surface area contributed by atoms with Gasteiger partial charge in [-0.2, -0.15) is 5.26 Å². The van der Waals surface area contributed by atoms with Gasteiger partial charge < -0.3 is 5.32 Å². The molecule has 0 atom stereocenters. The lowest BCUT2D eigenvalue weighted by molar-refractivity contribution is 0.102. The fourth-order valence-corrected chi connectivity index (χ4v) is 4.46. The van der Waals surface area contributed by atoms with Crippen molar-refractivity contribution in [3.05, 3.63) is 50.3 Å². The van der Waals surface area contributed by atoms with Gasteiger partial charge in [0, 0.05) is 9.35 Å². The first-order valence-electron chi connectivity index (χ1n) is 7.31. The van der Waals surface area contributed by atoms with Crippen LogP contribution in [0.3, 0.4) is 0 Å². The maximum Gasteiger partial charge on any atom is 0.257 e. The second-order valence-corrected chi connectivity index (χ2v) is 7.27. The number of thiophene rings is 1. The van der Waals surface area contributed by atoms with Gasteiger partial charge >= 0.3 is 0 Å². The molecule has 0 saturated heterocycles. The minimum absolute atomic E-state index is 0.180. The lowest BCUT2D eigenvalue weighted by Gasteiger charge is -2.05. The number of rotatable bonds is 2. The maximum absolute atomic E-state index is 12.4. The number of benzene rings is 1. The molecule has 5 heteroatoms. The highest BCUT2D eigenvalue weighted by Crippen LogP contribution is 2.37. The van der Waals surface area contributed by atoms with E-state index in [-0.39, 0.29) is 5.91 Å². The summed E-state index contributed by atoms with van der Waals surface area (Å²) in [6.07, 6.45) is 5.45. The number of nitrogens with zero attached hydrogens (tertiary/aromatic N) is 1. The van der Waals surface area contributed by atoms with E-state index in [9.17, 15) is 10.1 Å². The first kappa shape index (κ1) is 15.3. The van der Waals surface area contributed by atoms with Crippen molar-refractivity contribution >= 4 is 38.2 Å². The molecule has 0 bridgehead atoms. The summed E-state index contributed by atoms with van der Waals surface area (Å²) in [5.74, 6) is -0.180. The van der Waals surface area contributed by atoms with Crippen LogP contribution in [0.5, 0.6) is 0 Å². The Hall–Kier alpha value is -1.64. The van der Waals surface area contributed by atoms with Crippen LogP contribution in [-0.2, 0) is 12.8 Å². The number of hydrogen-bond donors (Lipinski definition) is 1. The van der Waals surface area contributed by atoms with Gasteiger partial charge in [0.25, 0.3) is 5.91 Å². The van der Waals surface area contributed by atoms with E-state index in [0.717, 1.165) is 35.7 Å². The molecule has 0 radical (unpaired) electrons. The van der Waals surface area contributed by atoms with Crippen molar-refractivity contribution in [3.63, 3.8) is 0 Å². The molecule has 3 nitrogen and oxygen atoms in total. The summed E-state index contributed by atoms with van der Waals surface area (Å²) < 4.78 is 0.754. The zero-order chi connectivity index (χ0) is 15.5. The normalized spacial score (nSPS) is 13.8. The van der Waals surface area contributed by atoms with Gasteiger partial charge in [-0.05, 0) is 59.3 Å². The average molecular weight is 375 g/mol. The molecule has 0 aliphatic heterocycles. The van der Waals surface area contributed by atoms with E-state index in [0.29, 0.717) is 16.1 Å². The molecule has 1 aromatic carbocycles. The first-order chi connectivity index (χ1) is 10.7. The molecule has 2 aromatic rings. The molecular formula is C17H15BrN2OS. The summed E-state index contributed by atoms with van der Waals surface area (Å²) >= 11 is 4.95. The van der Waals surface area contributed by atoms with Gasteiger partial charge in [-0.25, -0.2) is 0 Å². The highest BCUT2D eigenvalue weighted by molar-refractivity contribution is 9.10. The van der Waals surface area contributed by atoms with E-state index >= 15 is 0 Å². The third kappa shape index (κ3) is 2.94. The van der Waals surface area contributed by atoms with E-state index in [1.165, 1.54) is 11.3 Å². The molecule has 1 aromatic heterocycles. The lowest BCUT2D eigenvalue weighted by atomic mass is 10.1. The van der Waals surface area contributed by atoms with Crippen molar-refractivity contribution in [3.8, 4) is 6.07 Å². The fourth-order valence-electron chi connectivity index (χ4n) is 2.76. The molecule has 1 heterocycles. The van der Waals surface area contributed by atoms with Crippen LogP contribution in [0.4, 0.5) is 5.00 Å². The molecule has 1 aliphatic carbocycles. The van der Waals surface area contributed by atoms with Gasteiger partial charge in [-0.3, -0.25) is 4.79 Å². The number of nitrogens with one attached hydrogen (secondary N) is 1. The van der Waals surface area contributed by atoms with E-state index in [4.69, 9.17) is 0 Å². The number of hydrogen-bond acceptors (Lipinski definition) is 3. The summed E-state index contributed by atoms with van der Waals surface area (Å²) in [5, 5.41) is 13.1. The average Bonchev–Trinajstić information content (AvgIpc) is 2.68. The number of carbonyl (C=O) groups excluding carboxylic acids is 1. The van der Waals surface area contributed by atoms with Gasteiger partial charge in [0.05, 0.1) is 11.1 Å². The molecule has 0 unspecified atom stereocenters. The number of anilines is 1. The second kappa shape index (κ2) is 6.64. The third-order valence-corrected chi connectivity index (χ3v) is 5.78. The highest BCUT2D eigenvalue weighted by Gasteiger charge is 2.21. The molecule has 1 aliphatic rings. The number of nitriles is 1. The van der Waals surface area contributed by atoms with Crippen LogP contribution >= 0.6 is 27.3 Å². The van der Waals surface area contributed by atoms with Gasteiger partial charge in [0.1, 0.15) is 11.1 Å². The molecule has 22 heavy (non-hydrogen) atoms. The van der Waals surface area contributed by atoms with Crippen LogP contribution in [0.15, 0.2) is 28.7 Å². The van der Waals surface area contributed by atoms with Crippen LogP contribution in [-0.4, -0.2) is 5.91 Å². The first-order valence-corrected chi connectivity index (χ1v) is 8.92. The van der Waals surface area contributed by atoms with Crippen LogP contribution < -0.4 is 5.32 Å². The van der Waals surface area contributed by atoms with Crippen LogP contribution in [0, 0.1) is 11.3 Å². The Bertz CT molecular complexity index is 761. The SMILES string of the molecule is N#Cc1c(NC(=O)c2ccccc2Br)sc2c1CCCCC2. The molecule has 112 valence electrons. The standard InChI is InChI=1S/C17H15BrN2OS/c18-14-8-5-4-7-12(14)16(21)20-17-13(10-19)11-6-2-1-3-9-15(11)22-17/h4-5,7-8H,1-3,6,9H2,(H,20,21). The Morgan fingerprint density at radius 2 is 2.00 bits per heavy atom. The Balaban J connectivity index is 1.92. The van der Waals surface area contributed by atoms with E-state index in [1.54, 1.807) is 17.4 Å². The smallest absolute Gasteiger partial charge is 0.257 e. The third-order valence-electron chi connectivity index (χ3n) is 3.88. The number of carbonyl (C=O) groups is 1. The zero-order valence-corrected chi connectivity index (χ0v) is 14.4. The minimum Gasteiger partial charge on any atom is -0.312 e. The molecule has 0 fully saturated rings. The molecule has 0 spiro atoms. The van der Waals surface area contributed by atoms with Gasteiger partial charge in [-0.1, -0.05) is 18.6 Å². The van der Waals surface area contributed by atoms with Crippen molar-refractivity contribution < 1.29 is 4.79 Å². The number of aryl methyl sites for hydroxylation is 1. The van der Waals surface area contributed by atoms with Crippen LogP contribution in [0.25, 0.3) is 0 Å². The Morgan fingerprint density at radius 1 is 1.23 bits per heavy atom. The summed E-state index contributed by atoms with van der Waals surface area (Å²) in [4.78, 5) is 13.7. The number of halogens is 1. The predicted octanol–water partition coefficient (Wildman–Crippen LogP) is 4.90. The van der Waals surface area contributed by atoms with Crippen molar-refractivity contribution in [2.45, 2.75) is 32.1 Å². The summed E-state index contributed by atoms with van der Waals surface area (Å²) in [6, 6.07) is 9.59. The van der Waals surface area contributed by atoms with E-state index in [2.05, 4.69) is 27.3 Å². The summed E-state index contributed by atoms with van der Waals surface area (Å²) in [7, 11) is 0. The Kier molecular flexibility index (Phi) is 4.60. The Morgan fingerprint density at radius 3 is 2.77 bits per heavy atom. The zero-order valence-electron chi connectivity index (χ0n) is 12.0. The monoisotopic (exact) mass is 374 g/mol. The van der Waals surface area contributed by atoms with Crippen molar-refractivity contribution in [1.29, 1.82) is 5.26 Å². The van der Waals surface area contributed by atoms with Crippen molar-refractivity contribution in [2.75, 3.05) is 5.32 Å². The minimum atomic E-state index is -0.180. The Labute approximate surface area is 142 Å². The molecule has 0 saturated carbocycles. The van der Waals surface area contributed by atoms with Crippen molar-refractivity contribution in [2.24, 2.45) is 0 Å². The van der Waals surface area contributed by atoms with Crippen LogP contribution in [0.1, 0.15) is 45.6 Å². The predicted molar refractivity (Wildman–Crippen MR) is 92.4 cm³/mol. The van der Waals surface area contributed by atoms with Gasteiger partial charge in [-0.15, -0.1) is 11.3 Å². The van der Waals surface area contributed by atoms with Crippen LogP contribution in [0.2, 0.25) is 0 Å². The molecular weight excluding hydrogens is 360 g/mol. The largest absolute Gasteiger partial charge is 0.312 e. The summed E-state index contributed by atoms with van der Waals surface area (Å²) in [5.41, 5.74) is 2.38. The fraction of sp³-hybridized carbons (Fsp3) is 0.294. The topological polar surface area (TPSA) is 52.9 Å². The lowest BCUT2D eigenvalue weighted by Crippen LogP contribution is -2.12.